The number of benzene rings is 2. The number of fused-ring (bicyclic) bond motifs is 1. The van der Waals surface area contributed by atoms with Gasteiger partial charge in [0.1, 0.15) is 17.3 Å². The van der Waals surface area contributed by atoms with Crippen LogP contribution < -0.4 is 14.8 Å². The number of carbonyl (C=O) groups excluding carboxylic acids is 1. The molecule has 0 aliphatic heterocycles. The minimum absolute atomic E-state index is 0.0669. The Labute approximate surface area is 176 Å². The molecule has 0 saturated heterocycles. The molecule has 30 heavy (non-hydrogen) atoms. The Kier molecular flexibility index (Phi) is 5.67. The van der Waals surface area contributed by atoms with Crippen LogP contribution in [0.15, 0.2) is 54.7 Å². The third kappa shape index (κ3) is 4.28. The zero-order valence-electron chi connectivity index (χ0n) is 16.5. The van der Waals surface area contributed by atoms with Crippen molar-refractivity contribution in [3.05, 3.63) is 71.1 Å². The molecule has 2 heterocycles. The number of nitrogens with zero attached hydrogens (tertiary/aromatic N) is 2. The molecule has 0 spiro atoms. The quantitative estimate of drug-likeness (QED) is 0.482. The van der Waals surface area contributed by atoms with Gasteiger partial charge in [0, 0.05) is 22.3 Å². The van der Waals surface area contributed by atoms with Gasteiger partial charge in [-0.25, -0.2) is 9.37 Å². The van der Waals surface area contributed by atoms with Gasteiger partial charge >= 0.3 is 0 Å². The van der Waals surface area contributed by atoms with Crippen molar-refractivity contribution >= 4 is 22.2 Å². The van der Waals surface area contributed by atoms with E-state index in [2.05, 4.69) is 10.3 Å². The van der Waals surface area contributed by atoms with Crippen LogP contribution >= 0.6 is 11.3 Å². The number of aryl methyl sites for hydroxylation is 1. The molecule has 4 rings (SSSR count). The number of aromatic nitrogens is 2. The van der Waals surface area contributed by atoms with Gasteiger partial charge in [0.2, 0.25) is 0 Å². The minimum Gasteiger partial charge on any atom is -0.497 e. The van der Waals surface area contributed by atoms with Gasteiger partial charge in [-0.15, -0.1) is 0 Å². The van der Waals surface area contributed by atoms with Crippen LogP contribution in [0.4, 0.5) is 4.39 Å². The Bertz CT molecular complexity index is 1170. The number of carbonyl (C=O) groups is 1. The number of hydrogen-bond acceptors (Lipinski definition) is 5. The molecule has 0 aliphatic carbocycles. The van der Waals surface area contributed by atoms with Gasteiger partial charge in [0.05, 0.1) is 19.3 Å². The van der Waals surface area contributed by atoms with Crippen LogP contribution in [0.5, 0.6) is 11.5 Å². The maximum absolute atomic E-state index is 13.1. The molecule has 0 fully saturated rings. The second-order valence-electron chi connectivity index (χ2n) is 6.64. The van der Waals surface area contributed by atoms with Crippen LogP contribution in [0.3, 0.4) is 0 Å². The summed E-state index contributed by atoms with van der Waals surface area (Å²) in [4.78, 5) is 18.6. The van der Waals surface area contributed by atoms with Crippen LogP contribution in [0.2, 0.25) is 0 Å². The summed E-state index contributed by atoms with van der Waals surface area (Å²) >= 11 is 1.51. The fourth-order valence-electron chi connectivity index (χ4n) is 2.97. The Morgan fingerprint density at radius 3 is 2.50 bits per heavy atom. The summed E-state index contributed by atoms with van der Waals surface area (Å²) in [6, 6.07) is 13.3. The number of nitrogens with one attached hydrogen (secondary N) is 1. The van der Waals surface area contributed by atoms with Gasteiger partial charge < -0.3 is 14.8 Å². The maximum Gasteiger partial charge on any atom is 0.258 e. The molecule has 0 radical (unpaired) electrons. The first kappa shape index (κ1) is 19.9. The van der Waals surface area contributed by atoms with E-state index >= 15 is 0 Å². The maximum atomic E-state index is 13.1. The summed E-state index contributed by atoms with van der Waals surface area (Å²) in [5.41, 5.74) is 2.65. The molecule has 6 nitrogen and oxygen atoms in total. The van der Waals surface area contributed by atoms with E-state index in [1.807, 2.05) is 17.5 Å². The SMILES string of the molecule is COc1ccc(OCC(=O)NCc2sc3nc(-c4ccc(F)cc4)cn3c2C)cc1. The number of rotatable bonds is 7. The lowest BCUT2D eigenvalue weighted by atomic mass is 10.2. The number of amides is 1. The largest absolute Gasteiger partial charge is 0.497 e. The number of ether oxygens (including phenoxy) is 2. The first-order valence-electron chi connectivity index (χ1n) is 9.30. The third-order valence-corrected chi connectivity index (χ3v) is 5.83. The van der Waals surface area contributed by atoms with Crippen molar-refractivity contribution in [1.82, 2.24) is 14.7 Å². The van der Waals surface area contributed by atoms with E-state index in [0.717, 1.165) is 32.5 Å². The molecular weight excluding hydrogens is 405 g/mol. The second-order valence-corrected chi connectivity index (χ2v) is 7.70. The molecule has 154 valence electrons. The minimum atomic E-state index is -0.273. The summed E-state index contributed by atoms with van der Waals surface area (Å²) in [5, 5.41) is 2.87. The molecule has 1 N–H and O–H groups in total. The topological polar surface area (TPSA) is 64.9 Å². The molecule has 0 atom stereocenters. The first-order valence-corrected chi connectivity index (χ1v) is 10.1. The van der Waals surface area contributed by atoms with E-state index < -0.39 is 0 Å². The Morgan fingerprint density at radius 2 is 1.83 bits per heavy atom. The monoisotopic (exact) mass is 425 g/mol. The van der Waals surface area contributed by atoms with E-state index in [-0.39, 0.29) is 18.3 Å². The van der Waals surface area contributed by atoms with Crippen molar-refractivity contribution in [2.75, 3.05) is 13.7 Å². The Hall–Kier alpha value is -3.39. The van der Waals surface area contributed by atoms with Crippen LogP contribution in [0.25, 0.3) is 16.2 Å². The number of methoxy groups -OCH3 is 1. The number of thiazole rings is 1. The van der Waals surface area contributed by atoms with Gasteiger partial charge in [0.25, 0.3) is 5.91 Å². The van der Waals surface area contributed by atoms with Gasteiger partial charge in [-0.3, -0.25) is 9.20 Å². The Morgan fingerprint density at radius 1 is 1.13 bits per heavy atom. The molecule has 0 saturated carbocycles. The molecule has 8 heteroatoms. The fraction of sp³-hybridized carbons (Fsp3) is 0.182. The third-order valence-electron chi connectivity index (χ3n) is 4.67. The number of halogens is 1. The average Bonchev–Trinajstić information content (AvgIpc) is 3.31. The van der Waals surface area contributed by atoms with Crippen molar-refractivity contribution in [3.63, 3.8) is 0 Å². The number of hydrogen-bond donors (Lipinski definition) is 1. The molecule has 4 aromatic rings. The highest BCUT2D eigenvalue weighted by atomic mass is 32.1. The van der Waals surface area contributed by atoms with Crippen LogP contribution in [0, 0.1) is 12.7 Å². The molecule has 1 amide bonds. The predicted octanol–water partition coefficient (Wildman–Crippen LogP) is 4.21. The zero-order valence-corrected chi connectivity index (χ0v) is 17.3. The summed E-state index contributed by atoms with van der Waals surface area (Å²) < 4.78 is 25.7. The van der Waals surface area contributed by atoms with Gasteiger partial charge in [0.15, 0.2) is 11.6 Å². The van der Waals surface area contributed by atoms with Crippen molar-refractivity contribution in [1.29, 1.82) is 0 Å². The fourth-order valence-corrected chi connectivity index (χ4v) is 4.01. The van der Waals surface area contributed by atoms with Crippen molar-refractivity contribution in [3.8, 4) is 22.8 Å². The standard InChI is InChI=1S/C22H20FN3O3S/c1-14-20(11-24-21(27)13-29-18-9-7-17(28-2)8-10-18)30-22-25-19(12-26(14)22)15-3-5-16(23)6-4-15/h3-10,12H,11,13H2,1-2H3,(H,24,27). The van der Waals surface area contributed by atoms with Gasteiger partial charge in [-0.1, -0.05) is 11.3 Å². The van der Waals surface area contributed by atoms with E-state index in [0.29, 0.717) is 12.3 Å². The van der Waals surface area contributed by atoms with Crippen LogP contribution in [-0.4, -0.2) is 29.0 Å². The molecule has 0 bridgehead atoms. The summed E-state index contributed by atoms with van der Waals surface area (Å²) in [6.45, 7) is 2.31. The van der Waals surface area contributed by atoms with E-state index in [9.17, 15) is 9.18 Å². The lowest BCUT2D eigenvalue weighted by Gasteiger charge is -2.08. The Balaban J connectivity index is 1.36. The highest BCUT2D eigenvalue weighted by Gasteiger charge is 2.14. The molecule has 2 aromatic carbocycles. The first-order chi connectivity index (χ1) is 14.5. The van der Waals surface area contributed by atoms with Crippen molar-refractivity contribution in [2.45, 2.75) is 13.5 Å². The smallest absolute Gasteiger partial charge is 0.258 e. The normalized spacial score (nSPS) is 10.9. The zero-order chi connectivity index (χ0) is 21.1. The van der Waals surface area contributed by atoms with Gasteiger partial charge in [-0.05, 0) is 55.5 Å². The van der Waals surface area contributed by atoms with Crippen LogP contribution in [-0.2, 0) is 11.3 Å². The molecular formula is C22H20FN3O3S. The number of imidazole rings is 1. The highest BCUT2D eigenvalue weighted by Crippen LogP contribution is 2.27. The average molecular weight is 425 g/mol. The van der Waals surface area contributed by atoms with E-state index in [4.69, 9.17) is 9.47 Å². The summed E-state index contributed by atoms with van der Waals surface area (Å²) in [5.74, 6) is 0.853. The molecule has 2 aromatic heterocycles. The molecule has 0 aliphatic rings. The van der Waals surface area contributed by atoms with Crippen LogP contribution in [0.1, 0.15) is 10.6 Å². The van der Waals surface area contributed by atoms with Crippen molar-refractivity contribution in [2.24, 2.45) is 0 Å². The van der Waals surface area contributed by atoms with E-state index in [1.165, 1.54) is 23.5 Å². The predicted molar refractivity (Wildman–Crippen MR) is 114 cm³/mol. The second kappa shape index (κ2) is 8.54. The summed E-state index contributed by atoms with van der Waals surface area (Å²) in [7, 11) is 1.59. The lowest BCUT2D eigenvalue weighted by molar-refractivity contribution is -0.123. The van der Waals surface area contributed by atoms with E-state index in [1.54, 1.807) is 43.5 Å². The van der Waals surface area contributed by atoms with Crippen molar-refractivity contribution < 1.29 is 18.7 Å². The molecule has 0 unspecified atom stereocenters. The lowest BCUT2D eigenvalue weighted by Crippen LogP contribution is -2.28. The summed E-state index contributed by atoms with van der Waals surface area (Å²) in [6.07, 6.45) is 1.92. The van der Waals surface area contributed by atoms with Gasteiger partial charge in [-0.2, -0.15) is 0 Å². The highest BCUT2D eigenvalue weighted by molar-refractivity contribution is 7.17.